The fraction of sp³-hybridized carbons (Fsp3) is 0.294. The Morgan fingerprint density at radius 1 is 1.55 bits per heavy atom. The van der Waals surface area contributed by atoms with Crippen molar-refractivity contribution in [1.82, 2.24) is 4.90 Å². The van der Waals surface area contributed by atoms with E-state index in [-0.39, 0.29) is 12.0 Å². The molecule has 0 radical (unpaired) electrons. The number of hydrogen-bond donors (Lipinski definition) is 0. The average molecular weight is 312 g/mol. The van der Waals surface area contributed by atoms with Crippen molar-refractivity contribution in [2.45, 2.75) is 26.0 Å². The van der Waals surface area contributed by atoms with Crippen molar-refractivity contribution in [3.63, 3.8) is 0 Å². The zero-order valence-corrected chi connectivity index (χ0v) is 13.3. The quantitative estimate of drug-likeness (QED) is 0.874. The van der Waals surface area contributed by atoms with Crippen molar-refractivity contribution in [3.05, 3.63) is 51.2 Å². The van der Waals surface area contributed by atoms with Crippen molar-refractivity contribution >= 4 is 17.2 Å². The van der Waals surface area contributed by atoms with Crippen molar-refractivity contribution in [2.24, 2.45) is 0 Å². The highest BCUT2D eigenvalue weighted by Gasteiger charge is 2.26. The zero-order chi connectivity index (χ0) is 15.7. The molecule has 2 aromatic rings. The van der Waals surface area contributed by atoms with Crippen LogP contribution in [0.1, 0.15) is 33.3 Å². The van der Waals surface area contributed by atoms with Gasteiger partial charge in [0.25, 0.3) is 5.91 Å². The van der Waals surface area contributed by atoms with Crippen LogP contribution in [-0.2, 0) is 13.0 Å². The van der Waals surface area contributed by atoms with Crippen LogP contribution < -0.4 is 4.74 Å². The van der Waals surface area contributed by atoms with Gasteiger partial charge >= 0.3 is 0 Å². The van der Waals surface area contributed by atoms with Crippen LogP contribution in [-0.4, -0.2) is 24.0 Å². The van der Waals surface area contributed by atoms with E-state index in [0.717, 1.165) is 22.6 Å². The number of amides is 1. The number of fused-ring (bicyclic) bond motifs is 1. The molecule has 1 aliphatic heterocycles. The summed E-state index contributed by atoms with van der Waals surface area (Å²) in [5.41, 5.74) is 2.34. The lowest BCUT2D eigenvalue weighted by atomic mass is 10.1. The lowest BCUT2D eigenvalue weighted by Gasteiger charge is -2.18. The number of para-hydroxylation sites is 1. The van der Waals surface area contributed by atoms with E-state index in [1.807, 2.05) is 31.2 Å². The van der Waals surface area contributed by atoms with Gasteiger partial charge in [0, 0.05) is 23.7 Å². The van der Waals surface area contributed by atoms with Gasteiger partial charge in [0.2, 0.25) is 0 Å². The Kier molecular flexibility index (Phi) is 3.86. The summed E-state index contributed by atoms with van der Waals surface area (Å²) in [4.78, 5) is 15.3. The Bertz CT molecular complexity index is 760. The largest absolute Gasteiger partial charge is 0.489 e. The number of thiophene rings is 1. The molecular formula is C17H16N2O2S. The molecule has 0 bridgehead atoms. The van der Waals surface area contributed by atoms with E-state index in [1.54, 1.807) is 17.3 Å². The first kappa shape index (κ1) is 14.6. The second-order valence-corrected chi connectivity index (χ2v) is 6.50. The molecule has 22 heavy (non-hydrogen) atoms. The van der Waals surface area contributed by atoms with E-state index >= 15 is 0 Å². The molecule has 1 aromatic heterocycles. The summed E-state index contributed by atoms with van der Waals surface area (Å²) in [6.45, 7) is 2.50. The number of hydrogen-bond acceptors (Lipinski definition) is 4. The highest BCUT2D eigenvalue weighted by atomic mass is 32.1. The van der Waals surface area contributed by atoms with Gasteiger partial charge in [-0.3, -0.25) is 4.79 Å². The number of nitrogens with zero attached hydrogens (tertiary/aromatic N) is 2. The summed E-state index contributed by atoms with van der Waals surface area (Å²) in [6, 6.07) is 9.65. The molecule has 5 heteroatoms. The highest BCUT2D eigenvalue weighted by molar-refractivity contribution is 7.10. The fourth-order valence-corrected chi connectivity index (χ4v) is 3.50. The van der Waals surface area contributed by atoms with Crippen molar-refractivity contribution in [1.29, 1.82) is 5.26 Å². The van der Waals surface area contributed by atoms with Crippen molar-refractivity contribution in [3.8, 4) is 11.8 Å². The molecule has 112 valence electrons. The summed E-state index contributed by atoms with van der Waals surface area (Å²) >= 11 is 1.49. The third kappa shape index (κ3) is 2.70. The van der Waals surface area contributed by atoms with E-state index in [2.05, 4.69) is 6.07 Å². The maximum atomic E-state index is 12.7. The minimum Gasteiger partial charge on any atom is -0.489 e. The van der Waals surface area contributed by atoms with Crippen LogP contribution in [0.15, 0.2) is 29.6 Å². The third-order valence-electron chi connectivity index (χ3n) is 3.68. The standard InChI is InChI=1S/C17H16N2O2S/c1-11-6-13-4-3-5-15(16(13)21-11)17(20)19(2)9-14-7-12(8-18)10-22-14/h3-5,7,10-11H,6,9H2,1-2H3. The number of carbonyl (C=O) groups excluding carboxylic acids is 1. The number of ether oxygens (including phenoxy) is 1. The van der Waals surface area contributed by atoms with Gasteiger partial charge in [-0.25, -0.2) is 0 Å². The molecule has 2 heterocycles. The van der Waals surface area contributed by atoms with E-state index in [1.165, 1.54) is 11.3 Å². The summed E-state index contributed by atoms with van der Waals surface area (Å²) in [5, 5.41) is 10.7. The molecule has 1 aromatic carbocycles. The lowest BCUT2D eigenvalue weighted by molar-refractivity contribution is 0.0781. The first-order chi connectivity index (χ1) is 10.6. The predicted octanol–water partition coefficient (Wildman–Crippen LogP) is 3.22. The highest BCUT2D eigenvalue weighted by Crippen LogP contribution is 2.33. The molecule has 0 N–H and O–H groups in total. The van der Waals surface area contributed by atoms with Crippen LogP contribution in [0, 0.1) is 11.3 Å². The molecule has 3 rings (SSSR count). The van der Waals surface area contributed by atoms with E-state index in [9.17, 15) is 4.79 Å². The fourth-order valence-electron chi connectivity index (χ4n) is 2.64. The number of rotatable bonds is 3. The van der Waals surface area contributed by atoms with Crippen molar-refractivity contribution < 1.29 is 9.53 Å². The Hall–Kier alpha value is -2.32. The Morgan fingerprint density at radius 3 is 3.09 bits per heavy atom. The van der Waals surface area contributed by atoms with Gasteiger partial charge in [-0.15, -0.1) is 11.3 Å². The molecule has 0 aliphatic carbocycles. The molecule has 0 saturated carbocycles. The van der Waals surface area contributed by atoms with Gasteiger partial charge in [-0.1, -0.05) is 12.1 Å². The molecule has 0 fully saturated rings. The minimum atomic E-state index is -0.0575. The second kappa shape index (κ2) is 5.82. The van der Waals surface area contributed by atoms with Gasteiger partial charge < -0.3 is 9.64 Å². The number of carbonyl (C=O) groups is 1. The molecule has 1 unspecified atom stereocenters. The van der Waals surface area contributed by atoms with Crippen LogP contribution in [0.2, 0.25) is 0 Å². The zero-order valence-electron chi connectivity index (χ0n) is 12.5. The Morgan fingerprint density at radius 2 is 2.36 bits per heavy atom. The molecule has 1 aliphatic rings. The summed E-state index contributed by atoms with van der Waals surface area (Å²) in [5.74, 6) is 0.661. The van der Waals surface area contributed by atoms with Crippen molar-refractivity contribution in [2.75, 3.05) is 7.05 Å². The van der Waals surface area contributed by atoms with Crippen LogP contribution in [0.4, 0.5) is 0 Å². The second-order valence-electron chi connectivity index (χ2n) is 5.50. The monoisotopic (exact) mass is 312 g/mol. The Labute approximate surface area is 133 Å². The molecule has 1 atom stereocenters. The Balaban J connectivity index is 1.80. The van der Waals surface area contributed by atoms with Crippen LogP contribution in [0.25, 0.3) is 0 Å². The van der Waals surface area contributed by atoms with E-state index in [0.29, 0.717) is 17.7 Å². The first-order valence-electron chi connectivity index (χ1n) is 7.10. The first-order valence-corrected chi connectivity index (χ1v) is 7.98. The molecule has 4 nitrogen and oxygen atoms in total. The molecule has 1 amide bonds. The van der Waals surface area contributed by atoms with Gasteiger partial charge in [-0.2, -0.15) is 5.26 Å². The minimum absolute atomic E-state index is 0.0575. The van der Waals surface area contributed by atoms with E-state index in [4.69, 9.17) is 10.00 Å². The maximum Gasteiger partial charge on any atom is 0.257 e. The molecule has 0 saturated heterocycles. The molecular weight excluding hydrogens is 296 g/mol. The van der Waals surface area contributed by atoms with Gasteiger partial charge in [0.1, 0.15) is 17.9 Å². The summed E-state index contributed by atoms with van der Waals surface area (Å²) < 4.78 is 5.79. The topological polar surface area (TPSA) is 53.3 Å². The number of benzene rings is 1. The van der Waals surface area contributed by atoms with Gasteiger partial charge in [-0.05, 0) is 24.6 Å². The van der Waals surface area contributed by atoms with Crippen LogP contribution >= 0.6 is 11.3 Å². The van der Waals surface area contributed by atoms with Crippen LogP contribution in [0.3, 0.4) is 0 Å². The van der Waals surface area contributed by atoms with Gasteiger partial charge in [0.15, 0.2) is 0 Å². The summed E-state index contributed by atoms with van der Waals surface area (Å²) in [6.07, 6.45) is 0.959. The van der Waals surface area contributed by atoms with Crippen LogP contribution in [0.5, 0.6) is 5.75 Å². The summed E-state index contributed by atoms with van der Waals surface area (Å²) in [7, 11) is 1.77. The SMILES string of the molecule is CC1Cc2cccc(C(=O)N(C)Cc3cc(C#N)cs3)c2O1. The lowest BCUT2D eigenvalue weighted by Crippen LogP contribution is -2.26. The smallest absolute Gasteiger partial charge is 0.257 e. The van der Waals surface area contributed by atoms with Gasteiger partial charge in [0.05, 0.1) is 17.7 Å². The third-order valence-corrected chi connectivity index (χ3v) is 4.60. The van der Waals surface area contributed by atoms with E-state index < -0.39 is 0 Å². The number of nitriles is 1. The maximum absolute atomic E-state index is 12.7. The normalized spacial score (nSPS) is 15.8. The predicted molar refractivity (Wildman–Crippen MR) is 85.1 cm³/mol. The average Bonchev–Trinajstić information content (AvgIpc) is 3.10. The molecule has 0 spiro atoms.